The van der Waals surface area contributed by atoms with Crippen LogP contribution < -0.4 is 4.74 Å². The Morgan fingerprint density at radius 3 is 3.00 bits per heavy atom. The van der Waals surface area contributed by atoms with Gasteiger partial charge in [0.1, 0.15) is 5.75 Å². The second-order valence-corrected chi connectivity index (χ2v) is 3.44. The maximum atomic E-state index is 10.8. The number of hydrogen-bond acceptors (Lipinski definition) is 2. The zero-order valence-corrected chi connectivity index (χ0v) is 7.77. The summed E-state index contributed by atoms with van der Waals surface area (Å²) in [7, 11) is 0. The smallest absolute Gasteiger partial charge is 0.344 e. The van der Waals surface area contributed by atoms with E-state index in [1.807, 2.05) is 24.3 Å². The molecule has 1 N–H and O–H groups in total. The van der Waals surface area contributed by atoms with Crippen molar-refractivity contribution in [2.24, 2.45) is 0 Å². The molecule has 74 valence electrons. The molecule has 3 nitrogen and oxygen atoms in total. The number of fused-ring (bicyclic) bond motifs is 1. The molecule has 1 atom stereocenters. The molecule has 1 aliphatic rings. The van der Waals surface area contributed by atoms with Crippen molar-refractivity contribution in [3.63, 3.8) is 0 Å². The van der Waals surface area contributed by atoms with Crippen molar-refractivity contribution in [3.05, 3.63) is 29.8 Å². The van der Waals surface area contributed by atoms with E-state index in [2.05, 4.69) is 0 Å². The maximum Gasteiger partial charge on any atom is 0.344 e. The minimum absolute atomic E-state index is 0.587. The van der Waals surface area contributed by atoms with Gasteiger partial charge in [-0.05, 0) is 30.9 Å². The summed E-state index contributed by atoms with van der Waals surface area (Å²) in [5, 5.41) is 8.86. The number of carboxylic acids is 1. The lowest BCUT2D eigenvalue weighted by Crippen LogP contribution is -2.25. The minimum Gasteiger partial charge on any atom is -0.479 e. The third kappa shape index (κ3) is 1.71. The molecule has 0 saturated heterocycles. The molecule has 0 radical (unpaired) electrons. The van der Waals surface area contributed by atoms with Gasteiger partial charge < -0.3 is 9.84 Å². The predicted molar refractivity (Wildman–Crippen MR) is 51.4 cm³/mol. The first-order chi connectivity index (χ1) is 6.77. The standard InChI is InChI=1S/C11H12O3/c12-11(13)10-7-3-5-8-4-1-2-6-9(8)14-10/h1-2,4,6,10H,3,5,7H2,(H,12,13). The largest absolute Gasteiger partial charge is 0.479 e. The fourth-order valence-corrected chi connectivity index (χ4v) is 1.69. The molecule has 0 aromatic heterocycles. The Morgan fingerprint density at radius 1 is 1.43 bits per heavy atom. The number of carboxylic acid groups (broad SMARTS) is 1. The van der Waals surface area contributed by atoms with E-state index in [0.29, 0.717) is 6.42 Å². The van der Waals surface area contributed by atoms with E-state index < -0.39 is 12.1 Å². The summed E-state index contributed by atoms with van der Waals surface area (Å²) in [5.74, 6) is -0.154. The molecule has 1 aromatic carbocycles. The van der Waals surface area contributed by atoms with Crippen LogP contribution in [0.4, 0.5) is 0 Å². The van der Waals surface area contributed by atoms with Gasteiger partial charge in [-0.15, -0.1) is 0 Å². The Bertz CT molecular complexity index is 346. The molecular formula is C11H12O3. The van der Waals surface area contributed by atoms with Gasteiger partial charge in [0.25, 0.3) is 0 Å². The molecule has 1 unspecified atom stereocenters. The van der Waals surface area contributed by atoms with E-state index in [9.17, 15) is 4.79 Å². The number of carbonyl (C=O) groups is 1. The predicted octanol–water partition coefficient (Wildman–Crippen LogP) is 1.85. The lowest BCUT2D eigenvalue weighted by Gasteiger charge is -2.12. The molecule has 2 rings (SSSR count). The van der Waals surface area contributed by atoms with Crippen LogP contribution in [-0.4, -0.2) is 17.2 Å². The Balaban J connectivity index is 2.26. The monoisotopic (exact) mass is 192 g/mol. The highest BCUT2D eigenvalue weighted by atomic mass is 16.5. The summed E-state index contributed by atoms with van der Waals surface area (Å²) in [6.07, 6.45) is 1.68. The summed E-state index contributed by atoms with van der Waals surface area (Å²) in [4.78, 5) is 10.8. The quantitative estimate of drug-likeness (QED) is 0.738. The molecule has 0 spiro atoms. The third-order valence-electron chi connectivity index (χ3n) is 2.43. The van der Waals surface area contributed by atoms with E-state index in [1.54, 1.807) is 0 Å². The summed E-state index contributed by atoms with van der Waals surface area (Å²) >= 11 is 0. The molecule has 1 aliphatic heterocycles. The summed E-state index contributed by atoms with van der Waals surface area (Å²) in [6, 6.07) is 7.63. The van der Waals surface area contributed by atoms with Gasteiger partial charge in [0.05, 0.1) is 0 Å². The van der Waals surface area contributed by atoms with Crippen molar-refractivity contribution in [3.8, 4) is 5.75 Å². The molecule has 0 aliphatic carbocycles. The lowest BCUT2D eigenvalue weighted by molar-refractivity contribution is -0.145. The van der Waals surface area contributed by atoms with Gasteiger partial charge in [0.15, 0.2) is 6.10 Å². The van der Waals surface area contributed by atoms with Gasteiger partial charge in [-0.3, -0.25) is 0 Å². The average Bonchev–Trinajstić information content (AvgIpc) is 2.39. The molecule has 14 heavy (non-hydrogen) atoms. The third-order valence-corrected chi connectivity index (χ3v) is 2.43. The fraction of sp³-hybridized carbons (Fsp3) is 0.364. The van der Waals surface area contributed by atoms with Crippen molar-refractivity contribution in [1.29, 1.82) is 0 Å². The molecular weight excluding hydrogens is 180 g/mol. The molecule has 1 aromatic rings. The highest BCUT2D eigenvalue weighted by Crippen LogP contribution is 2.26. The van der Waals surface area contributed by atoms with Gasteiger partial charge in [-0.25, -0.2) is 4.79 Å². The number of benzene rings is 1. The molecule has 0 fully saturated rings. The number of ether oxygens (including phenoxy) is 1. The van der Waals surface area contributed by atoms with E-state index in [0.717, 1.165) is 24.2 Å². The van der Waals surface area contributed by atoms with Gasteiger partial charge >= 0.3 is 5.97 Å². The van der Waals surface area contributed by atoms with Crippen LogP contribution in [0.15, 0.2) is 24.3 Å². The van der Waals surface area contributed by atoms with E-state index in [-0.39, 0.29) is 0 Å². The SMILES string of the molecule is O=C(O)C1CCCc2ccccc2O1. The summed E-state index contributed by atoms with van der Waals surface area (Å²) in [5.41, 5.74) is 1.11. The summed E-state index contributed by atoms with van der Waals surface area (Å²) < 4.78 is 5.42. The Kier molecular flexibility index (Phi) is 2.39. The zero-order chi connectivity index (χ0) is 9.97. The number of rotatable bonds is 1. The van der Waals surface area contributed by atoms with Crippen LogP contribution in [-0.2, 0) is 11.2 Å². The van der Waals surface area contributed by atoms with Gasteiger partial charge in [-0.1, -0.05) is 18.2 Å². The highest BCUT2D eigenvalue weighted by molar-refractivity contribution is 5.72. The van der Waals surface area contributed by atoms with Crippen molar-refractivity contribution in [1.82, 2.24) is 0 Å². The van der Waals surface area contributed by atoms with Crippen LogP contribution in [0.2, 0.25) is 0 Å². The maximum absolute atomic E-state index is 10.8. The normalized spacial score (nSPS) is 20.4. The molecule has 3 heteroatoms. The fourth-order valence-electron chi connectivity index (χ4n) is 1.69. The van der Waals surface area contributed by atoms with Gasteiger partial charge in [-0.2, -0.15) is 0 Å². The van der Waals surface area contributed by atoms with Crippen LogP contribution in [0.5, 0.6) is 5.75 Å². The molecule has 0 amide bonds. The van der Waals surface area contributed by atoms with Gasteiger partial charge in [0, 0.05) is 0 Å². The van der Waals surface area contributed by atoms with Crippen molar-refractivity contribution in [2.75, 3.05) is 0 Å². The second kappa shape index (κ2) is 3.70. The second-order valence-electron chi connectivity index (χ2n) is 3.44. The topological polar surface area (TPSA) is 46.5 Å². The lowest BCUT2D eigenvalue weighted by atomic mass is 10.1. The number of para-hydroxylation sites is 1. The Morgan fingerprint density at radius 2 is 2.21 bits per heavy atom. The number of hydrogen-bond donors (Lipinski definition) is 1. The van der Waals surface area contributed by atoms with Crippen molar-refractivity contribution in [2.45, 2.75) is 25.4 Å². The van der Waals surface area contributed by atoms with Crippen LogP contribution in [0.25, 0.3) is 0 Å². The van der Waals surface area contributed by atoms with Crippen LogP contribution in [0.3, 0.4) is 0 Å². The Labute approximate surface area is 82.3 Å². The van der Waals surface area contributed by atoms with E-state index in [4.69, 9.17) is 9.84 Å². The number of aryl methyl sites for hydroxylation is 1. The van der Waals surface area contributed by atoms with Crippen molar-refractivity contribution < 1.29 is 14.6 Å². The van der Waals surface area contributed by atoms with E-state index in [1.165, 1.54) is 0 Å². The molecule has 0 bridgehead atoms. The minimum atomic E-state index is -0.873. The first-order valence-electron chi connectivity index (χ1n) is 4.75. The average molecular weight is 192 g/mol. The zero-order valence-electron chi connectivity index (χ0n) is 7.77. The molecule has 0 saturated carbocycles. The molecule has 1 heterocycles. The summed E-state index contributed by atoms with van der Waals surface area (Å²) in [6.45, 7) is 0. The Hall–Kier alpha value is -1.51. The van der Waals surface area contributed by atoms with Crippen LogP contribution in [0, 0.1) is 0 Å². The van der Waals surface area contributed by atoms with Crippen LogP contribution >= 0.6 is 0 Å². The van der Waals surface area contributed by atoms with Crippen LogP contribution in [0.1, 0.15) is 18.4 Å². The first-order valence-corrected chi connectivity index (χ1v) is 4.75. The first kappa shape index (κ1) is 9.06. The van der Waals surface area contributed by atoms with Gasteiger partial charge in [0.2, 0.25) is 0 Å². The van der Waals surface area contributed by atoms with Crippen molar-refractivity contribution >= 4 is 5.97 Å². The number of aliphatic carboxylic acids is 1. The van der Waals surface area contributed by atoms with E-state index >= 15 is 0 Å². The highest BCUT2D eigenvalue weighted by Gasteiger charge is 2.22.